The number of nitrogens with zero attached hydrogens (tertiary/aromatic N) is 4. The molecule has 10 heteroatoms. The summed E-state index contributed by atoms with van der Waals surface area (Å²) in [5.74, 6) is -0.811. The Labute approximate surface area is 162 Å². The quantitative estimate of drug-likeness (QED) is 0.436. The van der Waals surface area contributed by atoms with Gasteiger partial charge >= 0.3 is 5.00 Å². The van der Waals surface area contributed by atoms with Gasteiger partial charge in [-0.15, -0.1) is 0 Å². The monoisotopic (exact) mass is 408 g/mol. The van der Waals surface area contributed by atoms with Crippen LogP contribution >= 0.6 is 22.7 Å². The molecule has 7 nitrogen and oxygen atoms in total. The van der Waals surface area contributed by atoms with Gasteiger partial charge in [-0.25, -0.2) is 9.37 Å². The van der Waals surface area contributed by atoms with Crippen LogP contribution in [0.1, 0.15) is 16.1 Å². The predicted octanol–water partition coefficient (Wildman–Crippen LogP) is 4.00. The van der Waals surface area contributed by atoms with E-state index < -0.39 is 10.7 Å². The van der Waals surface area contributed by atoms with Gasteiger partial charge in [0.15, 0.2) is 5.13 Å². The molecule has 0 spiro atoms. The first-order valence-corrected chi connectivity index (χ1v) is 9.76. The highest BCUT2D eigenvalue weighted by Gasteiger charge is 2.25. The first kappa shape index (κ1) is 19.3. The number of halogens is 1. The molecule has 0 N–H and O–H groups in total. The maximum Gasteiger partial charge on any atom is 0.324 e. The normalized spacial score (nSPS) is 11.3. The minimum Gasteiger partial charge on any atom is -0.309 e. The number of aromatic nitrogens is 1. The van der Waals surface area contributed by atoms with E-state index in [4.69, 9.17) is 0 Å². The smallest absolute Gasteiger partial charge is 0.309 e. The van der Waals surface area contributed by atoms with Crippen molar-refractivity contribution < 1.29 is 14.1 Å². The average molecular weight is 408 g/mol. The molecule has 3 aromatic rings. The maximum atomic E-state index is 14.0. The van der Waals surface area contributed by atoms with Gasteiger partial charge in [0.1, 0.15) is 11.3 Å². The second kappa shape index (κ2) is 8.07. The van der Waals surface area contributed by atoms with Crippen LogP contribution in [0, 0.1) is 15.9 Å². The highest BCUT2D eigenvalue weighted by molar-refractivity contribution is 7.22. The van der Waals surface area contributed by atoms with Crippen molar-refractivity contribution in [2.75, 3.05) is 32.1 Å². The summed E-state index contributed by atoms with van der Waals surface area (Å²) in [6, 6.07) is 7.43. The Morgan fingerprint density at radius 3 is 2.63 bits per heavy atom. The third kappa shape index (κ3) is 4.29. The second-order valence-electron chi connectivity index (χ2n) is 6.09. The Morgan fingerprint density at radius 2 is 2.00 bits per heavy atom. The van der Waals surface area contributed by atoms with Crippen molar-refractivity contribution in [1.82, 2.24) is 9.88 Å². The largest absolute Gasteiger partial charge is 0.324 e. The Hall–Kier alpha value is -2.43. The first-order valence-electron chi connectivity index (χ1n) is 8.12. The van der Waals surface area contributed by atoms with E-state index in [0.717, 1.165) is 17.9 Å². The number of benzene rings is 1. The molecule has 27 heavy (non-hydrogen) atoms. The lowest BCUT2D eigenvalue weighted by Crippen LogP contribution is -2.33. The zero-order valence-electron chi connectivity index (χ0n) is 14.7. The SMILES string of the molecule is CN(C)CCCN(C(=O)c1ccc([N+](=O)[O-])s1)c1nc2c(F)cccc2s1. The van der Waals surface area contributed by atoms with Crippen LogP contribution in [0.3, 0.4) is 0 Å². The maximum absolute atomic E-state index is 14.0. The number of thiazole rings is 1. The number of carbonyl (C=O) groups is 1. The van der Waals surface area contributed by atoms with Crippen LogP contribution < -0.4 is 4.90 Å². The van der Waals surface area contributed by atoms with Gasteiger partial charge in [0, 0.05) is 12.6 Å². The minimum atomic E-state index is -0.523. The molecule has 0 radical (unpaired) electrons. The molecule has 0 bridgehead atoms. The van der Waals surface area contributed by atoms with Crippen LogP contribution in [0.2, 0.25) is 0 Å². The third-order valence-electron chi connectivity index (χ3n) is 3.80. The number of para-hydroxylation sites is 1. The lowest BCUT2D eigenvalue weighted by molar-refractivity contribution is -0.380. The molecule has 0 atom stereocenters. The number of carbonyl (C=O) groups excluding carboxylic acids is 1. The van der Waals surface area contributed by atoms with Crippen molar-refractivity contribution >= 4 is 48.9 Å². The Balaban J connectivity index is 1.94. The summed E-state index contributed by atoms with van der Waals surface area (Å²) in [4.78, 5) is 31.4. The van der Waals surface area contributed by atoms with Gasteiger partial charge in [-0.2, -0.15) is 0 Å². The van der Waals surface area contributed by atoms with E-state index in [9.17, 15) is 19.3 Å². The second-order valence-corrected chi connectivity index (χ2v) is 8.16. The van der Waals surface area contributed by atoms with E-state index in [1.165, 1.54) is 34.4 Å². The lowest BCUT2D eigenvalue weighted by atomic mass is 10.3. The topological polar surface area (TPSA) is 79.6 Å². The summed E-state index contributed by atoms with van der Waals surface area (Å²) in [5, 5.41) is 11.2. The van der Waals surface area contributed by atoms with Gasteiger partial charge in [-0.3, -0.25) is 19.8 Å². The molecule has 1 aromatic carbocycles. The molecule has 2 heterocycles. The molecule has 3 rings (SSSR count). The van der Waals surface area contributed by atoms with E-state index in [-0.39, 0.29) is 21.3 Å². The van der Waals surface area contributed by atoms with Gasteiger partial charge in [0.05, 0.1) is 14.5 Å². The summed E-state index contributed by atoms with van der Waals surface area (Å²) >= 11 is 2.05. The van der Waals surface area contributed by atoms with E-state index >= 15 is 0 Å². The van der Waals surface area contributed by atoms with Crippen LogP contribution in [0.5, 0.6) is 0 Å². The van der Waals surface area contributed by atoms with Gasteiger partial charge in [0.2, 0.25) is 0 Å². The number of nitro groups is 1. The van der Waals surface area contributed by atoms with Crippen LogP contribution in [0.25, 0.3) is 10.2 Å². The zero-order chi connectivity index (χ0) is 19.6. The van der Waals surface area contributed by atoms with E-state index in [0.29, 0.717) is 22.8 Å². The molecule has 0 fully saturated rings. The van der Waals surface area contributed by atoms with Gasteiger partial charge in [0.25, 0.3) is 5.91 Å². The fourth-order valence-corrected chi connectivity index (χ4v) is 4.30. The number of hydrogen-bond donors (Lipinski definition) is 0. The van der Waals surface area contributed by atoms with Gasteiger partial charge in [-0.1, -0.05) is 28.7 Å². The van der Waals surface area contributed by atoms with Crippen LogP contribution in [0.4, 0.5) is 14.5 Å². The van der Waals surface area contributed by atoms with Crippen molar-refractivity contribution in [3.05, 3.63) is 51.1 Å². The number of fused-ring (bicyclic) bond motifs is 1. The number of rotatable bonds is 7. The summed E-state index contributed by atoms with van der Waals surface area (Å²) < 4.78 is 14.6. The fourth-order valence-electron chi connectivity index (χ4n) is 2.52. The highest BCUT2D eigenvalue weighted by Crippen LogP contribution is 2.33. The van der Waals surface area contributed by atoms with E-state index in [2.05, 4.69) is 4.98 Å². The molecule has 0 unspecified atom stereocenters. The van der Waals surface area contributed by atoms with Crippen molar-refractivity contribution in [1.29, 1.82) is 0 Å². The van der Waals surface area contributed by atoms with Gasteiger partial charge in [-0.05, 0) is 45.3 Å². The molecule has 0 aliphatic rings. The molecule has 0 saturated heterocycles. The molecule has 142 valence electrons. The number of thiophene rings is 1. The van der Waals surface area contributed by atoms with E-state index in [1.807, 2.05) is 19.0 Å². The molecule has 2 aromatic heterocycles. The average Bonchev–Trinajstić information content (AvgIpc) is 3.25. The van der Waals surface area contributed by atoms with E-state index in [1.54, 1.807) is 12.1 Å². The number of amides is 1. The standard InChI is InChI=1S/C17H17FN4O3S2/c1-20(2)9-4-10-21(16(23)13-7-8-14(26-13)22(24)25)17-19-15-11(18)5-3-6-12(15)27-17/h3,5-8H,4,9-10H2,1-2H3. The van der Waals surface area contributed by atoms with Gasteiger partial charge < -0.3 is 4.90 Å². The molecule has 0 saturated carbocycles. The molecule has 0 aliphatic carbocycles. The molecule has 0 aliphatic heterocycles. The molecular weight excluding hydrogens is 391 g/mol. The number of hydrogen-bond acceptors (Lipinski definition) is 7. The first-order chi connectivity index (χ1) is 12.9. The molecule has 1 amide bonds. The summed E-state index contributed by atoms with van der Waals surface area (Å²) in [5.41, 5.74) is 0.222. The van der Waals surface area contributed by atoms with Crippen molar-refractivity contribution in [3.8, 4) is 0 Å². The lowest BCUT2D eigenvalue weighted by Gasteiger charge is -2.20. The van der Waals surface area contributed by atoms with Crippen molar-refractivity contribution in [2.45, 2.75) is 6.42 Å². The van der Waals surface area contributed by atoms with Crippen molar-refractivity contribution in [3.63, 3.8) is 0 Å². The Bertz CT molecular complexity index is 986. The van der Waals surface area contributed by atoms with Crippen LogP contribution in [-0.4, -0.2) is 47.9 Å². The van der Waals surface area contributed by atoms with Crippen LogP contribution in [0.15, 0.2) is 30.3 Å². The summed E-state index contributed by atoms with van der Waals surface area (Å²) in [6.07, 6.45) is 0.685. The third-order valence-corrected chi connectivity index (χ3v) is 5.87. The summed E-state index contributed by atoms with van der Waals surface area (Å²) in [7, 11) is 3.86. The number of anilines is 1. The minimum absolute atomic E-state index is 0.0954. The Morgan fingerprint density at radius 1 is 1.22 bits per heavy atom. The summed E-state index contributed by atoms with van der Waals surface area (Å²) in [6.45, 7) is 1.14. The highest BCUT2D eigenvalue weighted by atomic mass is 32.1. The Kier molecular flexibility index (Phi) is 5.78. The zero-order valence-corrected chi connectivity index (χ0v) is 16.3. The van der Waals surface area contributed by atoms with Crippen molar-refractivity contribution in [2.24, 2.45) is 0 Å². The molecular formula is C17H17FN4O3S2. The predicted molar refractivity (Wildman–Crippen MR) is 105 cm³/mol. The fraction of sp³-hybridized carbons (Fsp3) is 0.294. The van der Waals surface area contributed by atoms with Crippen LogP contribution in [-0.2, 0) is 0 Å².